The summed E-state index contributed by atoms with van der Waals surface area (Å²) in [5.41, 5.74) is 2.21. The van der Waals surface area contributed by atoms with Crippen molar-refractivity contribution < 1.29 is 4.79 Å². The highest BCUT2D eigenvalue weighted by Crippen LogP contribution is 2.53. The van der Waals surface area contributed by atoms with Gasteiger partial charge in [-0.3, -0.25) is 4.79 Å². The molecule has 2 aromatic carbocycles. The highest BCUT2D eigenvalue weighted by atomic mass is 16.2. The number of carbonyl (C=O) groups is 1. The molecule has 6 rings (SSSR count). The first-order chi connectivity index (χ1) is 13.2. The van der Waals surface area contributed by atoms with Crippen LogP contribution in [0.3, 0.4) is 0 Å². The molecule has 140 valence electrons. The first-order valence-corrected chi connectivity index (χ1v) is 10.6. The summed E-state index contributed by atoms with van der Waals surface area (Å²) >= 11 is 0. The van der Waals surface area contributed by atoms with Gasteiger partial charge < -0.3 is 5.32 Å². The number of rotatable bonds is 4. The van der Waals surface area contributed by atoms with Gasteiger partial charge in [0.05, 0.1) is 5.92 Å². The molecule has 0 saturated heterocycles. The van der Waals surface area contributed by atoms with Crippen LogP contribution in [-0.4, -0.2) is 11.4 Å². The molecule has 4 fully saturated rings. The quantitative estimate of drug-likeness (QED) is 0.789. The molecule has 1 N–H and O–H groups in total. The Morgan fingerprint density at radius 3 is 1.89 bits per heavy atom. The maximum atomic E-state index is 13.6. The second-order valence-corrected chi connectivity index (χ2v) is 9.28. The minimum absolute atomic E-state index is 0.0394. The van der Waals surface area contributed by atoms with E-state index in [2.05, 4.69) is 29.6 Å². The molecule has 0 radical (unpaired) electrons. The molecule has 0 heterocycles. The average molecular weight is 360 g/mol. The molecule has 4 aliphatic carbocycles. The molecular weight excluding hydrogens is 330 g/mol. The molecule has 0 aromatic heterocycles. The summed E-state index contributed by atoms with van der Waals surface area (Å²) in [4.78, 5) is 13.6. The highest BCUT2D eigenvalue weighted by molar-refractivity contribution is 5.87. The molecule has 2 unspecified atom stereocenters. The predicted molar refractivity (Wildman–Crippen MR) is 108 cm³/mol. The maximum Gasteiger partial charge on any atom is 0.232 e. The molecule has 4 atom stereocenters. The zero-order chi connectivity index (χ0) is 18.3. The predicted octanol–water partition coefficient (Wildman–Crippen LogP) is 5.29. The van der Waals surface area contributed by atoms with E-state index in [1.807, 2.05) is 36.4 Å². The van der Waals surface area contributed by atoms with Crippen molar-refractivity contribution in [2.75, 3.05) is 0 Å². The second kappa shape index (κ2) is 6.82. The summed E-state index contributed by atoms with van der Waals surface area (Å²) in [5.74, 6) is 2.54. The molecule has 4 bridgehead atoms. The van der Waals surface area contributed by atoms with Gasteiger partial charge in [-0.05, 0) is 73.8 Å². The van der Waals surface area contributed by atoms with E-state index < -0.39 is 0 Å². The van der Waals surface area contributed by atoms with Crippen LogP contribution in [0.1, 0.15) is 62.0 Å². The fourth-order valence-electron chi connectivity index (χ4n) is 6.43. The Bertz CT molecular complexity index is 746. The fraction of sp³-hybridized carbons (Fsp3) is 0.480. The van der Waals surface area contributed by atoms with Gasteiger partial charge in [-0.25, -0.2) is 0 Å². The van der Waals surface area contributed by atoms with Crippen molar-refractivity contribution in [3.05, 3.63) is 71.8 Å². The van der Waals surface area contributed by atoms with Gasteiger partial charge in [0, 0.05) is 5.54 Å². The van der Waals surface area contributed by atoms with E-state index in [0.29, 0.717) is 0 Å². The van der Waals surface area contributed by atoms with Gasteiger partial charge in [0.2, 0.25) is 5.91 Å². The molecule has 4 saturated carbocycles. The molecular formula is C25H29NO. The third kappa shape index (κ3) is 3.31. The summed E-state index contributed by atoms with van der Waals surface area (Å²) in [6.45, 7) is 0. The number of carbonyl (C=O) groups excluding carboxylic acids is 1. The van der Waals surface area contributed by atoms with E-state index in [9.17, 15) is 4.79 Å². The van der Waals surface area contributed by atoms with Gasteiger partial charge in [-0.2, -0.15) is 0 Å². The van der Waals surface area contributed by atoms with Gasteiger partial charge in [0.1, 0.15) is 0 Å². The van der Waals surface area contributed by atoms with Crippen molar-refractivity contribution in [3.8, 4) is 0 Å². The molecule has 2 aromatic rings. The zero-order valence-electron chi connectivity index (χ0n) is 15.9. The van der Waals surface area contributed by atoms with Crippen molar-refractivity contribution in [1.29, 1.82) is 0 Å². The van der Waals surface area contributed by atoms with Gasteiger partial charge in [-0.15, -0.1) is 0 Å². The summed E-state index contributed by atoms with van der Waals surface area (Å²) in [6.07, 6.45) is 9.06. The smallest absolute Gasteiger partial charge is 0.232 e. The number of nitrogens with one attached hydrogen (secondary N) is 1. The summed E-state index contributed by atoms with van der Waals surface area (Å²) < 4.78 is 0. The Labute approximate surface area is 162 Å². The molecule has 0 spiro atoms. The summed E-state index contributed by atoms with van der Waals surface area (Å²) in [5, 5.41) is 3.62. The first kappa shape index (κ1) is 17.0. The lowest BCUT2D eigenvalue weighted by atomic mass is 9.65. The van der Waals surface area contributed by atoms with Gasteiger partial charge in [0.15, 0.2) is 0 Å². The molecule has 0 aliphatic heterocycles. The normalized spacial score (nSPS) is 31.7. The van der Waals surface area contributed by atoms with E-state index in [-0.39, 0.29) is 17.4 Å². The minimum Gasteiger partial charge on any atom is -0.350 e. The van der Waals surface area contributed by atoms with Gasteiger partial charge in [0.25, 0.3) is 0 Å². The van der Waals surface area contributed by atoms with Crippen LogP contribution >= 0.6 is 0 Å². The molecule has 2 nitrogen and oxygen atoms in total. The monoisotopic (exact) mass is 359 g/mol. The van der Waals surface area contributed by atoms with Crippen molar-refractivity contribution in [3.63, 3.8) is 0 Å². The lowest BCUT2D eigenvalue weighted by Crippen LogP contribution is -2.53. The second-order valence-electron chi connectivity index (χ2n) is 9.28. The van der Waals surface area contributed by atoms with Crippen molar-refractivity contribution in [2.45, 2.75) is 56.4 Å². The Kier molecular flexibility index (Phi) is 4.30. The van der Waals surface area contributed by atoms with E-state index in [4.69, 9.17) is 0 Å². The van der Waals surface area contributed by atoms with Crippen LogP contribution in [0.25, 0.3) is 0 Å². The Morgan fingerprint density at radius 2 is 1.33 bits per heavy atom. The SMILES string of the molecule is O=C(NC12CCC3C[C@H](C[C@H](C3)C1)C2)C(c1ccccc1)c1ccccc1. The lowest BCUT2D eigenvalue weighted by molar-refractivity contribution is -0.124. The Morgan fingerprint density at radius 1 is 0.815 bits per heavy atom. The van der Waals surface area contributed by atoms with Crippen LogP contribution in [0.5, 0.6) is 0 Å². The van der Waals surface area contributed by atoms with E-state index >= 15 is 0 Å². The highest BCUT2D eigenvalue weighted by Gasteiger charge is 2.48. The Balaban J connectivity index is 1.45. The van der Waals surface area contributed by atoms with Crippen LogP contribution in [0.15, 0.2) is 60.7 Å². The topological polar surface area (TPSA) is 29.1 Å². The summed E-state index contributed by atoms with van der Waals surface area (Å²) in [6, 6.07) is 20.5. The van der Waals surface area contributed by atoms with Crippen LogP contribution in [0.4, 0.5) is 0 Å². The van der Waals surface area contributed by atoms with Gasteiger partial charge >= 0.3 is 0 Å². The van der Waals surface area contributed by atoms with Crippen LogP contribution in [0.2, 0.25) is 0 Å². The standard InChI is InChI=1S/C25H29NO/c27-24(23(21-7-3-1-4-8-21)22-9-5-2-6-10-22)26-25-12-11-18-13-19(16-25)15-20(14-18)17-25/h1-10,18-20,23H,11-17H2,(H,26,27)/t18?,19-,20+,25?. The van der Waals surface area contributed by atoms with Crippen LogP contribution in [-0.2, 0) is 4.79 Å². The third-order valence-electron chi connectivity index (χ3n) is 7.31. The van der Waals surface area contributed by atoms with Crippen molar-refractivity contribution in [2.24, 2.45) is 17.8 Å². The number of benzene rings is 2. The number of fused-ring (bicyclic) bond motifs is 1. The van der Waals surface area contributed by atoms with E-state index in [0.717, 1.165) is 28.9 Å². The van der Waals surface area contributed by atoms with E-state index in [1.54, 1.807) is 0 Å². The zero-order valence-corrected chi connectivity index (χ0v) is 15.9. The molecule has 4 aliphatic rings. The van der Waals surface area contributed by atoms with Gasteiger partial charge in [-0.1, -0.05) is 60.7 Å². The lowest BCUT2D eigenvalue weighted by Gasteiger charge is -2.46. The van der Waals surface area contributed by atoms with Crippen molar-refractivity contribution >= 4 is 5.91 Å². The average Bonchev–Trinajstić information content (AvgIpc) is 2.87. The van der Waals surface area contributed by atoms with E-state index in [1.165, 1.54) is 44.9 Å². The van der Waals surface area contributed by atoms with Crippen LogP contribution in [0, 0.1) is 17.8 Å². The molecule has 27 heavy (non-hydrogen) atoms. The Hall–Kier alpha value is -2.09. The first-order valence-electron chi connectivity index (χ1n) is 10.6. The number of hydrogen-bond donors (Lipinski definition) is 1. The largest absolute Gasteiger partial charge is 0.350 e. The fourth-order valence-corrected chi connectivity index (χ4v) is 6.43. The minimum atomic E-state index is -0.222. The molecule has 1 amide bonds. The van der Waals surface area contributed by atoms with Crippen molar-refractivity contribution in [1.82, 2.24) is 5.32 Å². The molecule has 2 heteroatoms. The van der Waals surface area contributed by atoms with Crippen LogP contribution < -0.4 is 5.32 Å². The number of hydrogen-bond acceptors (Lipinski definition) is 1. The maximum absolute atomic E-state index is 13.6. The third-order valence-corrected chi connectivity index (χ3v) is 7.31. The summed E-state index contributed by atoms with van der Waals surface area (Å²) in [7, 11) is 0. The number of amides is 1.